The van der Waals surface area contributed by atoms with Gasteiger partial charge in [0.05, 0.1) is 18.0 Å². The monoisotopic (exact) mass is 277 g/mol. The van der Waals surface area contributed by atoms with Crippen LogP contribution in [0, 0.1) is 16.7 Å². The molecule has 1 aliphatic heterocycles. The van der Waals surface area contributed by atoms with Crippen LogP contribution in [0.25, 0.3) is 0 Å². The molecule has 0 atom stereocenters. The van der Waals surface area contributed by atoms with Crippen molar-refractivity contribution in [3.63, 3.8) is 0 Å². The van der Waals surface area contributed by atoms with Crippen LogP contribution >= 0.6 is 0 Å². The van der Waals surface area contributed by atoms with Crippen LogP contribution in [0.1, 0.15) is 58.3 Å². The molecule has 0 aromatic rings. The van der Waals surface area contributed by atoms with Gasteiger partial charge in [0.2, 0.25) is 5.91 Å². The van der Waals surface area contributed by atoms with Crippen LogP contribution in [0.3, 0.4) is 0 Å². The van der Waals surface area contributed by atoms with Gasteiger partial charge in [0.15, 0.2) is 0 Å². The third kappa shape index (κ3) is 4.49. The summed E-state index contributed by atoms with van der Waals surface area (Å²) in [6, 6.07) is 2.79. The van der Waals surface area contributed by atoms with Gasteiger partial charge in [-0.05, 0) is 32.6 Å². The normalized spacial score (nSPS) is 24.6. The molecule has 0 aromatic heterocycles. The first kappa shape index (κ1) is 15.3. The van der Waals surface area contributed by atoms with Gasteiger partial charge in [0.1, 0.15) is 0 Å². The Kier molecular flexibility index (Phi) is 5.42. The molecule has 1 saturated carbocycles. The highest BCUT2D eigenvalue weighted by Gasteiger charge is 2.30. The zero-order valence-electron chi connectivity index (χ0n) is 12.7. The Hall–Kier alpha value is -1.08. The third-order valence-corrected chi connectivity index (χ3v) is 4.82. The van der Waals surface area contributed by atoms with Crippen molar-refractivity contribution in [2.75, 3.05) is 19.6 Å². The lowest BCUT2D eigenvalue weighted by atomic mass is 9.82. The van der Waals surface area contributed by atoms with Crippen LogP contribution in [0.4, 0.5) is 0 Å². The first-order chi connectivity index (χ1) is 9.61. The molecule has 0 spiro atoms. The number of carbonyl (C=O) groups is 1. The summed E-state index contributed by atoms with van der Waals surface area (Å²) in [5.74, 6) is 0.164. The fourth-order valence-corrected chi connectivity index (χ4v) is 3.22. The summed E-state index contributed by atoms with van der Waals surface area (Å²) in [5, 5.41) is 12.3. The Bertz CT molecular complexity index is 358. The molecule has 1 N–H and O–H groups in total. The first-order valence-corrected chi connectivity index (χ1v) is 8.04. The largest absolute Gasteiger partial charge is 0.352 e. The van der Waals surface area contributed by atoms with Gasteiger partial charge < -0.3 is 5.32 Å². The van der Waals surface area contributed by atoms with E-state index in [4.69, 9.17) is 5.26 Å². The van der Waals surface area contributed by atoms with E-state index in [1.165, 1.54) is 25.7 Å². The summed E-state index contributed by atoms with van der Waals surface area (Å²) < 4.78 is 0. The molecule has 0 bridgehead atoms. The van der Waals surface area contributed by atoms with Gasteiger partial charge >= 0.3 is 0 Å². The average molecular weight is 277 g/mol. The molecular formula is C16H27N3O. The summed E-state index contributed by atoms with van der Waals surface area (Å²) in [5.41, 5.74) is -0.186. The number of piperidine rings is 1. The third-order valence-electron chi connectivity index (χ3n) is 4.82. The molecular weight excluding hydrogens is 250 g/mol. The summed E-state index contributed by atoms with van der Waals surface area (Å²) in [6.07, 6.45) is 9.14. The molecule has 1 saturated heterocycles. The minimum Gasteiger partial charge on any atom is -0.352 e. The maximum Gasteiger partial charge on any atom is 0.234 e. The fraction of sp³-hybridized carbons (Fsp3) is 0.875. The van der Waals surface area contributed by atoms with Crippen molar-refractivity contribution in [3.05, 3.63) is 0 Å². The number of likely N-dealkylation sites (tertiary alicyclic amines) is 1. The second kappa shape index (κ2) is 7.08. The van der Waals surface area contributed by atoms with E-state index >= 15 is 0 Å². The predicted molar refractivity (Wildman–Crippen MR) is 79.0 cm³/mol. The topological polar surface area (TPSA) is 56.1 Å². The molecule has 20 heavy (non-hydrogen) atoms. The minimum atomic E-state index is -0.186. The highest BCUT2D eigenvalue weighted by atomic mass is 16.2. The van der Waals surface area contributed by atoms with E-state index in [1.807, 2.05) is 6.92 Å². The Morgan fingerprint density at radius 2 is 1.85 bits per heavy atom. The van der Waals surface area contributed by atoms with Crippen LogP contribution in [-0.2, 0) is 4.79 Å². The van der Waals surface area contributed by atoms with Crippen LogP contribution in [-0.4, -0.2) is 36.5 Å². The van der Waals surface area contributed by atoms with E-state index in [2.05, 4.69) is 16.3 Å². The minimum absolute atomic E-state index is 0.164. The second-order valence-electron chi connectivity index (χ2n) is 6.70. The fourth-order valence-electron chi connectivity index (χ4n) is 3.22. The lowest BCUT2D eigenvalue weighted by Crippen LogP contribution is -2.45. The standard InChI is InChI=1S/C16H27N3O/c1-16(13-17)8-10-19(11-9-16)12-15(20)18-14-6-4-2-3-5-7-14/h14H,2-12H2,1H3,(H,18,20). The van der Waals surface area contributed by atoms with Gasteiger partial charge in [0, 0.05) is 19.1 Å². The maximum atomic E-state index is 12.1. The molecule has 112 valence electrons. The second-order valence-corrected chi connectivity index (χ2v) is 6.70. The number of rotatable bonds is 3. The number of carbonyl (C=O) groups excluding carboxylic acids is 1. The summed E-state index contributed by atoms with van der Waals surface area (Å²) in [6.45, 7) is 4.25. The summed E-state index contributed by atoms with van der Waals surface area (Å²) >= 11 is 0. The molecule has 1 heterocycles. The SMILES string of the molecule is CC1(C#N)CCN(CC(=O)NC2CCCCCC2)CC1. The zero-order valence-corrected chi connectivity index (χ0v) is 12.7. The lowest BCUT2D eigenvalue weighted by Gasteiger charge is -2.34. The highest BCUT2D eigenvalue weighted by Crippen LogP contribution is 2.29. The quantitative estimate of drug-likeness (QED) is 0.806. The van der Waals surface area contributed by atoms with Crippen molar-refractivity contribution >= 4 is 5.91 Å². The van der Waals surface area contributed by atoms with E-state index in [0.717, 1.165) is 38.8 Å². The Balaban J connectivity index is 1.71. The van der Waals surface area contributed by atoms with E-state index in [0.29, 0.717) is 12.6 Å². The van der Waals surface area contributed by atoms with Crippen molar-refractivity contribution < 1.29 is 4.79 Å². The summed E-state index contributed by atoms with van der Waals surface area (Å²) in [4.78, 5) is 14.3. The molecule has 0 radical (unpaired) electrons. The van der Waals surface area contributed by atoms with Crippen molar-refractivity contribution in [1.82, 2.24) is 10.2 Å². The average Bonchev–Trinajstić information content (AvgIpc) is 2.70. The van der Waals surface area contributed by atoms with Gasteiger partial charge in [-0.25, -0.2) is 0 Å². The van der Waals surface area contributed by atoms with E-state index in [1.54, 1.807) is 0 Å². The molecule has 0 unspecified atom stereocenters. The van der Waals surface area contributed by atoms with Gasteiger partial charge in [-0.1, -0.05) is 25.7 Å². The highest BCUT2D eigenvalue weighted by molar-refractivity contribution is 5.78. The molecule has 1 aliphatic carbocycles. The number of nitriles is 1. The Morgan fingerprint density at radius 1 is 1.25 bits per heavy atom. The van der Waals surface area contributed by atoms with Gasteiger partial charge in [0.25, 0.3) is 0 Å². The van der Waals surface area contributed by atoms with Gasteiger partial charge in [-0.2, -0.15) is 5.26 Å². The molecule has 2 fully saturated rings. The van der Waals surface area contributed by atoms with Gasteiger partial charge in [-0.3, -0.25) is 9.69 Å². The van der Waals surface area contributed by atoms with Crippen molar-refractivity contribution in [2.45, 2.75) is 64.3 Å². The number of hydrogen-bond acceptors (Lipinski definition) is 3. The maximum absolute atomic E-state index is 12.1. The lowest BCUT2D eigenvalue weighted by molar-refractivity contribution is -0.123. The smallest absolute Gasteiger partial charge is 0.234 e. The Morgan fingerprint density at radius 3 is 2.40 bits per heavy atom. The van der Waals surface area contributed by atoms with Crippen molar-refractivity contribution in [2.24, 2.45) is 5.41 Å². The zero-order chi connectivity index (χ0) is 14.4. The van der Waals surface area contributed by atoms with Crippen LogP contribution in [0.15, 0.2) is 0 Å². The molecule has 4 heteroatoms. The van der Waals surface area contributed by atoms with E-state index < -0.39 is 0 Å². The summed E-state index contributed by atoms with van der Waals surface area (Å²) in [7, 11) is 0. The van der Waals surface area contributed by atoms with Crippen LogP contribution in [0.5, 0.6) is 0 Å². The molecule has 2 aliphatic rings. The van der Waals surface area contributed by atoms with Crippen molar-refractivity contribution in [3.8, 4) is 6.07 Å². The predicted octanol–water partition coefficient (Wildman–Crippen LogP) is 2.45. The first-order valence-electron chi connectivity index (χ1n) is 8.04. The number of nitrogens with zero attached hydrogens (tertiary/aromatic N) is 2. The number of amides is 1. The van der Waals surface area contributed by atoms with E-state index in [-0.39, 0.29) is 11.3 Å². The Labute approximate surface area is 122 Å². The van der Waals surface area contributed by atoms with Gasteiger partial charge in [-0.15, -0.1) is 0 Å². The van der Waals surface area contributed by atoms with Crippen LogP contribution < -0.4 is 5.32 Å². The van der Waals surface area contributed by atoms with Crippen LogP contribution in [0.2, 0.25) is 0 Å². The molecule has 0 aromatic carbocycles. The number of nitrogens with one attached hydrogen (secondary N) is 1. The number of hydrogen-bond donors (Lipinski definition) is 1. The molecule has 2 rings (SSSR count). The van der Waals surface area contributed by atoms with Crippen molar-refractivity contribution in [1.29, 1.82) is 5.26 Å². The van der Waals surface area contributed by atoms with E-state index in [9.17, 15) is 4.79 Å². The molecule has 4 nitrogen and oxygen atoms in total. The molecule has 1 amide bonds.